The topological polar surface area (TPSA) is 45.3 Å². The molecule has 1 aliphatic heterocycles. The van der Waals surface area contributed by atoms with Crippen LogP contribution in [0.1, 0.15) is 36.1 Å². The third-order valence-corrected chi connectivity index (χ3v) is 7.83. The van der Waals surface area contributed by atoms with E-state index in [-0.39, 0.29) is 17.2 Å². The summed E-state index contributed by atoms with van der Waals surface area (Å²) in [5, 5.41) is 1.11. The van der Waals surface area contributed by atoms with Crippen molar-refractivity contribution in [3.63, 3.8) is 0 Å². The van der Waals surface area contributed by atoms with E-state index in [1.165, 1.54) is 16.8 Å². The number of hydrogen-bond donors (Lipinski definition) is 1. The van der Waals surface area contributed by atoms with Crippen LogP contribution < -0.4 is 4.74 Å². The molecular formula is C26H27FN2O2. The maximum Gasteiger partial charge on any atom is 0.225 e. The number of nitrogens with one attached hydrogen (secondary N) is 1. The number of methoxy groups -OCH3 is 1. The fourth-order valence-corrected chi connectivity index (χ4v) is 6.00. The Bertz CT molecular complexity index is 1180. The largest absolute Gasteiger partial charge is 0.497 e. The fourth-order valence-electron chi connectivity index (χ4n) is 6.00. The van der Waals surface area contributed by atoms with E-state index in [0.29, 0.717) is 11.8 Å². The highest BCUT2D eigenvalue weighted by molar-refractivity contribution is 5.85. The quantitative estimate of drug-likeness (QED) is 0.675. The summed E-state index contributed by atoms with van der Waals surface area (Å²) in [4.78, 5) is 18.5. The van der Waals surface area contributed by atoms with Gasteiger partial charge in [-0.25, -0.2) is 4.39 Å². The summed E-state index contributed by atoms with van der Waals surface area (Å²) in [6, 6.07) is 13.5. The van der Waals surface area contributed by atoms with E-state index in [9.17, 15) is 9.18 Å². The third kappa shape index (κ3) is 2.97. The summed E-state index contributed by atoms with van der Waals surface area (Å²) in [5.41, 5.74) is 4.60. The zero-order valence-corrected chi connectivity index (χ0v) is 17.8. The van der Waals surface area contributed by atoms with Gasteiger partial charge in [0.25, 0.3) is 0 Å². The van der Waals surface area contributed by atoms with Gasteiger partial charge in [-0.1, -0.05) is 12.1 Å². The van der Waals surface area contributed by atoms with E-state index in [4.69, 9.17) is 4.74 Å². The SMILES string of the molecule is COc1cccc(C23CCN(C(=O)C4CC4)CC2Cc2c([nH]c4cc(F)ccc24)C3)c1. The lowest BCUT2D eigenvalue weighted by Crippen LogP contribution is -2.55. The molecule has 1 saturated heterocycles. The number of carbonyl (C=O) groups is 1. The highest BCUT2D eigenvalue weighted by Gasteiger charge is 2.50. The number of fused-ring (bicyclic) bond motifs is 4. The van der Waals surface area contributed by atoms with Crippen molar-refractivity contribution in [2.24, 2.45) is 11.8 Å². The van der Waals surface area contributed by atoms with Crippen LogP contribution >= 0.6 is 0 Å². The van der Waals surface area contributed by atoms with Crippen molar-refractivity contribution in [2.45, 2.75) is 37.5 Å². The van der Waals surface area contributed by atoms with Crippen molar-refractivity contribution in [3.05, 3.63) is 65.1 Å². The summed E-state index contributed by atoms with van der Waals surface area (Å²) in [7, 11) is 1.70. The van der Waals surface area contributed by atoms with Crippen molar-refractivity contribution in [3.8, 4) is 5.75 Å². The monoisotopic (exact) mass is 418 g/mol. The lowest BCUT2D eigenvalue weighted by Gasteiger charge is -2.51. The minimum absolute atomic E-state index is 0.0543. The lowest BCUT2D eigenvalue weighted by molar-refractivity contribution is -0.135. The van der Waals surface area contributed by atoms with Crippen LogP contribution in [-0.4, -0.2) is 36.0 Å². The van der Waals surface area contributed by atoms with Gasteiger partial charge in [0.1, 0.15) is 11.6 Å². The zero-order valence-electron chi connectivity index (χ0n) is 17.8. The van der Waals surface area contributed by atoms with E-state index in [0.717, 1.165) is 61.8 Å². The second-order valence-electron chi connectivity index (χ2n) is 9.55. The molecule has 0 radical (unpaired) electrons. The van der Waals surface area contributed by atoms with Crippen LogP contribution in [0.25, 0.3) is 10.9 Å². The molecule has 2 aromatic carbocycles. The summed E-state index contributed by atoms with van der Waals surface area (Å²) in [6.07, 6.45) is 4.79. The third-order valence-electron chi connectivity index (χ3n) is 7.83. The Morgan fingerprint density at radius 2 is 2.10 bits per heavy atom. The van der Waals surface area contributed by atoms with Crippen molar-refractivity contribution < 1.29 is 13.9 Å². The smallest absolute Gasteiger partial charge is 0.225 e. The number of likely N-dealkylation sites (tertiary alicyclic amines) is 1. The van der Waals surface area contributed by atoms with Crippen LogP contribution in [-0.2, 0) is 23.1 Å². The number of piperidine rings is 1. The van der Waals surface area contributed by atoms with Crippen LogP contribution in [0.3, 0.4) is 0 Å². The molecule has 3 aromatic rings. The van der Waals surface area contributed by atoms with Gasteiger partial charge in [-0.05, 0) is 79.5 Å². The van der Waals surface area contributed by atoms with Gasteiger partial charge in [0.2, 0.25) is 5.91 Å². The van der Waals surface area contributed by atoms with E-state index >= 15 is 0 Å². The molecule has 160 valence electrons. The van der Waals surface area contributed by atoms with Gasteiger partial charge >= 0.3 is 0 Å². The molecule has 1 N–H and O–H groups in total. The molecule has 31 heavy (non-hydrogen) atoms. The standard InChI is InChI=1S/C26H27FN2O2/c1-31-20-4-2-3-17(11-20)26-9-10-29(25(30)16-5-6-16)15-18(26)12-22-21-8-7-19(27)13-23(21)28-24(22)14-26/h2-4,7-8,11,13,16,18,28H,5-6,9-10,12,14-15H2,1H3. The van der Waals surface area contributed by atoms with Crippen molar-refractivity contribution >= 4 is 16.8 Å². The first kappa shape index (κ1) is 18.9. The summed E-state index contributed by atoms with van der Waals surface area (Å²) < 4.78 is 19.4. The average molecular weight is 419 g/mol. The predicted octanol–water partition coefficient (Wildman–Crippen LogP) is 4.61. The maximum absolute atomic E-state index is 13.9. The van der Waals surface area contributed by atoms with E-state index < -0.39 is 0 Å². The summed E-state index contributed by atoms with van der Waals surface area (Å²) >= 11 is 0. The van der Waals surface area contributed by atoms with Gasteiger partial charge in [0.15, 0.2) is 0 Å². The minimum atomic E-state index is -0.216. The Labute approximate surface area is 181 Å². The van der Waals surface area contributed by atoms with Crippen LogP contribution in [0.4, 0.5) is 4.39 Å². The van der Waals surface area contributed by atoms with Gasteiger partial charge in [0, 0.05) is 41.0 Å². The second-order valence-corrected chi connectivity index (χ2v) is 9.55. The highest BCUT2D eigenvalue weighted by Crippen LogP contribution is 2.50. The Balaban J connectivity index is 1.45. The number of ether oxygens (including phenoxy) is 1. The molecule has 2 aliphatic carbocycles. The number of nitrogens with zero attached hydrogens (tertiary/aromatic N) is 1. The first-order valence-corrected chi connectivity index (χ1v) is 11.3. The normalized spacial score (nSPS) is 25.2. The Kier molecular flexibility index (Phi) is 4.17. The number of rotatable bonds is 3. The number of carbonyl (C=O) groups excluding carboxylic acids is 1. The van der Waals surface area contributed by atoms with E-state index in [2.05, 4.69) is 28.1 Å². The molecule has 5 heteroatoms. The summed E-state index contributed by atoms with van der Waals surface area (Å²) in [6.45, 7) is 1.59. The van der Waals surface area contributed by atoms with Crippen LogP contribution in [0.15, 0.2) is 42.5 Å². The number of H-pyrrole nitrogens is 1. The van der Waals surface area contributed by atoms with E-state index in [1.54, 1.807) is 19.2 Å². The number of benzene rings is 2. The number of amides is 1. The zero-order chi connectivity index (χ0) is 21.2. The molecule has 1 aromatic heterocycles. The Morgan fingerprint density at radius 3 is 2.90 bits per heavy atom. The molecule has 0 bridgehead atoms. The van der Waals surface area contributed by atoms with Crippen molar-refractivity contribution in [1.82, 2.24) is 9.88 Å². The molecular weight excluding hydrogens is 391 g/mol. The second kappa shape index (κ2) is 6.84. The molecule has 2 atom stereocenters. The van der Waals surface area contributed by atoms with Crippen LogP contribution in [0, 0.1) is 17.7 Å². The molecule has 6 rings (SSSR count). The number of halogens is 1. The van der Waals surface area contributed by atoms with Crippen LogP contribution in [0.2, 0.25) is 0 Å². The molecule has 0 spiro atoms. The first-order valence-electron chi connectivity index (χ1n) is 11.3. The molecule has 1 saturated carbocycles. The maximum atomic E-state index is 13.9. The van der Waals surface area contributed by atoms with Gasteiger partial charge in [-0.2, -0.15) is 0 Å². The molecule has 3 aliphatic rings. The lowest BCUT2D eigenvalue weighted by atomic mass is 9.58. The highest BCUT2D eigenvalue weighted by atomic mass is 19.1. The van der Waals surface area contributed by atoms with Gasteiger partial charge in [-0.15, -0.1) is 0 Å². The predicted molar refractivity (Wildman–Crippen MR) is 118 cm³/mol. The van der Waals surface area contributed by atoms with Gasteiger partial charge in [0.05, 0.1) is 7.11 Å². The molecule has 4 nitrogen and oxygen atoms in total. The first-order chi connectivity index (χ1) is 15.1. The van der Waals surface area contributed by atoms with E-state index in [1.807, 2.05) is 12.1 Å². The number of hydrogen-bond acceptors (Lipinski definition) is 2. The van der Waals surface area contributed by atoms with Gasteiger partial charge < -0.3 is 14.6 Å². The minimum Gasteiger partial charge on any atom is -0.497 e. The molecule has 2 heterocycles. The number of aromatic nitrogens is 1. The molecule has 2 fully saturated rings. The number of aromatic amines is 1. The fraction of sp³-hybridized carbons (Fsp3) is 0.423. The van der Waals surface area contributed by atoms with Crippen molar-refractivity contribution in [1.29, 1.82) is 0 Å². The molecule has 1 amide bonds. The Hall–Kier alpha value is -2.82. The summed E-state index contributed by atoms with van der Waals surface area (Å²) in [5.74, 6) is 1.57. The Morgan fingerprint density at radius 1 is 1.23 bits per heavy atom. The van der Waals surface area contributed by atoms with Gasteiger partial charge in [-0.3, -0.25) is 4.79 Å². The van der Waals surface area contributed by atoms with Crippen molar-refractivity contribution in [2.75, 3.05) is 20.2 Å². The molecule has 2 unspecified atom stereocenters. The van der Waals surface area contributed by atoms with Crippen LogP contribution in [0.5, 0.6) is 5.75 Å². The average Bonchev–Trinajstić information content (AvgIpc) is 3.58.